The van der Waals surface area contributed by atoms with E-state index in [4.69, 9.17) is 16.7 Å². The summed E-state index contributed by atoms with van der Waals surface area (Å²) in [5, 5.41) is 13.2. The van der Waals surface area contributed by atoms with Gasteiger partial charge in [0, 0.05) is 42.5 Å². The maximum absolute atomic E-state index is 8.94. The van der Waals surface area contributed by atoms with Gasteiger partial charge >= 0.3 is 0 Å². The molecule has 20 heavy (non-hydrogen) atoms. The largest absolute Gasteiger partial charge is 0.396 e. The molecule has 3 nitrogen and oxygen atoms in total. The summed E-state index contributed by atoms with van der Waals surface area (Å²) in [6, 6.07) is 6.20. The summed E-state index contributed by atoms with van der Waals surface area (Å²) >= 11 is 6.38. The molecule has 4 heteroatoms. The van der Waals surface area contributed by atoms with Crippen molar-refractivity contribution in [3.05, 3.63) is 28.8 Å². The van der Waals surface area contributed by atoms with Gasteiger partial charge in [-0.1, -0.05) is 17.7 Å². The number of anilines is 1. The van der Waals surface area contributed by atoms with E-state index in [-0.39, 0.29) is 12.1 Å². The summed E-state index contributed by atoms with van der Waals surface area (Å²) < 4.78 is 0. The molecule has 0 bridgehead atoms. The van der Waals surface area contributed by atoms with Crippen LogP contribution in [0, 0.1) is 0 Å². The molecular weight excluding hydrogens is 272 g/mol. The molecule has 0 aliphatic rings. The Morgan fingerprint density at radius 3 is 2.50 bits per heavy atom. The van der Waals surface area contributed by atoms with E-state index in [0.717, 1.165) is 42.3 Å². The zero-order chi connectivity index (χ0) is 15.2. The Bertz CT molecular complexity index is 415. The Morgan fingerprint density at radius 1 is 1.30 bits per heavy atom. The minimum absolute atomic E-state index is 0.0819. The molecule has 0 amide bonds. The maximum Gasteiger partial charge on any atom is 0.0471 e. The number of hydrogen-bond acceptors (Lipinski definition) is 3. The molecule has 0 heterocycles. The highest BCUT2D eigenvalue weighted by atomic mass is 35.5. The lowest BCUT2D eigenvalue weighted by atomic mass is 10.1. The number of nitrogens with zero attached hydrogens (tertiary/aromatic N) is 1. The van der Waals surface area contributed by atoms with Gasteiger partial charge in [-0.2, -0.15) is 0 Å². The van der Waals surface area contributed by atoms with Crippen molar-refractivity contribution in [2.24, 2.45) is 0 Å². The molecular formula is C16H27ClN2O. The lowest BCUT2D eigenvalue weighted by molar-refractivity contribution is 0.289. The van der Waals surface area contributed by atoms with Gasteiger partial charge in [-0.3, -0.25) is 0 Å². The highest BCUT2D eigenvalue weighted by Crippen LogP contribution is 2.24. The molecule has 0 atom stereocenters. The van der Waals surface area contributed by atoms with E-state index in [2.05, 4.69) is 50.0 Å². The molecule has 0 spiro atoms. The number of aliphatic hydroxyl groups excluding tert-OH is 1. The quantitative estimate of drug-likeness (QED) is 0.809. The van der Waals surface area contributed by atoms with Crippen molar-refractivity contribution in [1.29, 1.82) is 0 Å². The van der Waals surface area contributed by atoms with Gasteiger partial charge in [0.05, 0.1) is 0 Å². The van der Waals surface area contributed by atoms with Crippen LogP contribution in [-0.4, -0.2) is 30.3 Å². The predicted molar refractivity (Wildman–Crippen MR) is 87.6 cm³/mol. The van der Waals surface area contributed by atoms with Gasteiger partial charge in [0.15, 0.2) is 0 Å². The average molecular weight is 299 g/mol. The first-order chi connectivity index (χ1) is 9.37. The van der Waals surface area contributed by atoms with E-state index < -0.39 is 0 Å². The number of hydrogen-bond donors (Lipinski definition) is 2. The first-order valence-electron chi connectivity index (χ1n) is 7.26. The second-order valence-corrected chi connectivity index (χ2v) is 6.44. The summed E-state index contributed by atoms with van der Waals surface area (Å²) in [4.78, 5) is 2.23. The van der Waals surface area contributed by atoms with E-state index in [1.807, 2.05) is 6.07 Å². The Labute approximate surface area is 127 Å². The average Bonchev–Trinajstić information content (AvgIpc) is 2.37. The normalized spacial score (nSPS) is 11.7. The summed E-state index contributed by atoms with van der Waals surface area (Å²) in [6.45, 7) is 11.3. The topological polar surface area (TPSA) is 35.5 Å². The van der Waals surface area contributed by atoms with E-state index in [9.17, 15) is 0 Å². The van der Waals surface area contributed by atoms with Crippen molar-refractivity contribution < 1.29 is 5.11 Å². The lowest BCUT2D eigenvalue weighted by Gasteiger charge is -2.24. The van der Waals surface area contributed by atoms with E-state index in [1.54, 1.807) is 0 Å². The summed E-state index contributed by atoms with van der Waals surface area (Å²) in [5.74, 6) is 0. The molecule has 0 fully saturated rings. The van der Waals surface area contributed by atoms with Crippen molar-refractivity contribution >= 4 is 17.3 Å². The Hall–Kier alpha value is -0.770. The molecule has 0 radical (unpaired) electrons. The minimum Gasteiger partial charge on any atom is -0.396 e. The number of benzene rings is 1. The highest BCUT2D eigenvalue weighted by molar-refractivity contribution is 6.31. The van der Waals surface area contributed by atoms with Gasteiger partial charge in [0.25, 0.3) is 0 Å². The Kier molecular flexibility index (Phi) is 6.80. The number of rotatable bonds is 7. The first-order valence-corrected chi connectivity index (χ1v) is 7.64. The lowest BCUT2D eigenvalue weighted by Crippen LogP contribution is -2.35. The molecule has 0 unspecified atom stereocenters. The summed E-state index contributed by atoms with van der Waals surface area (Å²) in [5.41, 5.74) is 2.31. The van der Waals surface area contributed by atoms with Gasteiger partial charge in [-0.15, -0.1) is 0 Å². The van der Waals surface area contributed by atoms with Crippen LogP contribution in [0.4, 0.5) is 5.69 Å². The van der Waals surface area contributed by atoms with Crippen molar-refractivity contribution in [2.45, 2.75) is 46.2 Å². The van der Waals surface area contributed by atoms with Crippen molar-refractivity contribution in [3.63, 3.8) is 0 Å². The smallest absolute Gasteiger partial charge is 0.0471 e. The van der Waals surface area contributed by atoms with Crippen LogP contribution >= 0.6 is 11.6 Å². The van der Waals surface area contributed by atoms with Gasteiger partial charge in [0.1, 0.15) is 0 Å². The molecule has 0 aliphatic heterocycles. The van der Waals surface area contributed by atoms with Gasteiger partial charge in [-0.25, -0.2) is 0 Å². The van der Waals surface area contributed by atoms with Gasteiger partial charge in [-0.05, 0) is 51.8 Å². The SMILES string of the molecule is CCN(CCCO)c1ccc(CNC(C)(C)C)c(Cl)c1. The van der Waals surface area contributed by atoms with Gasteiger partial charge < -0.3 is 15.3 Å². The van der Waals surface area contributed by atoms with Crippen LogP contribution in [0.2, 0.25) is 5.02 Å². The fourth-order valence-corrected chi connectivity index (χ4v) is 2.21. The van der Waals surface area contributed by atoms with E-state index in [0.29, 0.717) is 0 Å². The Balaban J connectivity index is 2.75. The first kappa shape index (κ1) is 17.3. The van der Waals surface area contributed by atoms with Crippen LogP contribution in [-0.2, 0) is 6.54 Å². The van der Waals surface area contributed by atoms with Crippen LogP contribution in [0.15, 0.2) is 18.2 Å². The van der Waals surface area contributed by atoms with Crippen LogP contribution in [0.1, 0.15) is 39.7 Å². The number of halogens is 1. The number of nitrogens with one attached hydrogen (secondary N) is 1. The zero-order valence-electron chi connectivity index (χ0n) is 13.0. The molecule has 1 rings (SSSR count). The zero-order valence-corrected chi connectivity index (χ0v) is 13.8. The molecule has 1 aromatic rings. The van der Waals surface area contributed by atoms with E-state index in [1.165, 1.54) is 0 Å². The summed E-state index contributed by atoms with van der Waals surface area (Å²) in [7, 11) is 0. The fraction of sp³-hybridized carbons (Fsp3) is 0.625. The summed E-state index contributed by atoms with van der Waals surface area (Å²) in [6.07, 6.45) is 0.777. The Morgan fingerprint density at radius 2 is 2.00 bits per heavy atom. The second-order valence-electron chi connectivity index (χ2n) is 6.04. The van der Waals surface area contributed by atoms with Crippen molar-refractivity contribution in [3.8, 4) is 0 Å². The van der Waals surface area contributed by atoms with Crippen LogP contribution in [0.5, 0.6) is 0 Å². The molecule has 0 aromatic heterocycles. The highest BCUT2D eigenvalue weighted by Gasteiger charge is 2.11. The maximum atomic E-state index is 8.94. The molecule has 0 aliphatic carbocycles. The number of aliphatic hydroxyl groups is 1. The molecule has 1 aromatic carbocycles. The van der Waals surface area contributed by atoms with Crippen LogP contribution < -0.4 is 10.2 Å². The molecule has 2 N–H and O–H groups in total. The predicted octanol–water partition coefficient (Wildman–Crippen LogP) is 3.44. The fourth-order valence-electron chi connectivity index (χ4n) is 1.97. The van der Waals surface area contributed by atoms with Crippen LogP contribution in [0.25, 0.3) is 0 Å². The molecule has 0 saturated heterocycles. The third-order valence-corrected chi connectivity index (χ3v) is 3.53. The standard InChI is InChI=1S/C16H27ClN2O/c1-5-19(9-6-10-20)14-8-7-13(15(17)11-14)12-18-16(2,3)4/h7-8,11,18,20H,5-6,9-10,12H2,1-4H3. The monoisotopic (exact) mass is 298 g/mol. The van der Waals surface area contributed by atoms with E-state index >= 15 is 0 Å². The molecule has 114 valence electrons. The third kappa shape index (κ3) is 5.70. The van der Waals surface area contributed by atoms with Crippen LogP contribution in [0.3, 0.4) is 0 Å². The van der Waals surface area contributed by atoms with Crippen molar-refractivity contribution in [2.75, 3.05) is 24.6 Å². The van der Waals surface area contributed by atoms with Crippen molar-refractivity contribution in [1.82, 2.24) is 5.32 Å². The minimum atomic E-state index is 0.0819. The third-order valence-electron chi connectivity index (χ3n) is 3.18. The second kappa shape index (κ2) is 7.87. The molecule has 0 saturated carbocycles. The van der Waals surface area contributed by atoms with Gasteiger partial charge in [0.2, 0.25) is 0 Å².